The molecule has 0 saturated heterocycles. The second-order valence-electron chi connectivity index (χ2n) is 7.88. The van der Waals surface area contributed by atoms with E-state index in [9.17, 15) is 23.3 Å². The van der Waals surface area contributed by atoms with Crippen LogP contribution in [-0.4, -0.2) is 20.2 Å². The van der Waals surface area contributed by atoms with E-state index in [0.717, 1.165) is 11.1 Å². The minimum atomic E-state index is -4.15. The third-order valence-electron chi connectivity index (χ3n) is 4.92. The number of carbonyl (C=O) groups excluding carboxylic acids is 2. The summed E-state index contributed by atoms with van der Waals surface area (Å²) in [4.78, 5) is 23.7. The number of hydrogen-bond acceptors (Lipinski definition) is 6. The summed E-state index contributed by atoms with van der Waals surface area (Å²) in [5.41, 5.74) is 3.34. The number of rotatable bonds is 7. The summed E-state index contributed by atoms with van der Waals surface area (Å²) in [6.07, 6.45) is 1.39. The van der Waals surface area contributed by atoms with Gasteiger partial charge in [-0.1, -0.05) is 23.8 Å². The lowest BCUT2D eigenvalue weighted by molar-refractivity contribution is -0.114. The summed E-state index contributed by atoms with van der Waals surface area (Å²) in [7, 11) is -4.15. The quantitative estimate of drug-likeness (QED) is 0.225. The molecule has 184 valence electrons. The van der Waals surface area contributed by atoms with Gasteiger partial charge in [0, 0.05) is 18.3 Å². The van der Waals surface area contributed by atoms with Crippen LogP contribution in [0.3, 0.4) is 0 Å². The average molecular weight is 568 g/mol. The van der Waals surface area contributed by atoms with Crippen molar-refractivity contribution in [2.45, 2.75) is 25.7 Å². The second kappa shape index (κ2) is 11.2. The van der Waals surface area contributed by atoms with Crippen LogP contribution in [-0.2, 0) is 19.7 Å². The molecule has 36 heavy (non-hydrogen) atoms. The molecular weight excluding hydrogens is 546 g/mol. The molecule has 3 aromatic carbocycles. The van der Waals surface area contributed by atoms with Crippen LogP contribution in [0.5, 0.6) is 5.75 Å². The molecule has 0 spiro atoms. The maximum atomic E-state index is 12.7. The molecule has 0 atom stereocenters. The highest BCUT2D eigenvalue weighted by atomic mass is 79.9. The zero-order chi connectivity index (χ0) is 26.5. The number of halogens is 1. The molecular formula is C26H22BrN3O5S. The summed E-state index contributed by atoms with van der Waals surface area (Å²) in [5, 5.41) is 14.8. The third kappa shape index (κ3) is 6.81. The molecule has 0 saturated carbocycles. The van der Waals surface area contributed by atoms with E-state index in [1.807, 2.05) is 32.0 Å². The van der Waals surface area contributed by atoms with Gasteiger partial charge in [0.25, 0.3) is 5.91 Å². The van der Waals surface area contributed by atoms with Gasteiger partial charge in [-0.25, -0.2) is 0 Å². The first kappa shape index (κ1) is 26.7. The van der Waals surface area contributed by atoms with Crippen LogP contribution in [0, 0.1) is 25.2 Å². The highest BCUT2D eigenvalue weighted by molar-refractivity contribution is 9.10. The van der Waals surface area contributed by atoms with Gasteiger partial charge < -0.3 is 14.8 Å². The van der Waals surface area contributed by atoms with Gasteiger partial charge in [0.05, 0.1) is 4.47 Å². The third-order valence-corrected chi connectivity index (χ3v) is 6.79. The molecule has 2 amide bonds. The van der Waals surface area contributed by atoms with E-state index in [-0.39, 0.29) is 22.1 Å². The molecule has 0 unspecified atom stereocenters. The highest BCUT2D eigenvalue weighted by Crippen LogP contribution is 2.30. The van der Waals surface area contributed by atoms with Crippen molar-refractivity contribution in [1.82, 2.24) is 0 Å². The topological polar surface area (TPSA) is 125 Å². The number of aryl methyl sites for hydroxylation is 2. The lowest BCUT2D eigenvalue weighted by Crippen LogP contribution is -2.14. The maximum absolute atomic E-state index is 12.7. The van der Waals surface area contributed by atoms with E-state index in [0.29, 0.717) is 21.4 Å². The Morgan fingerprint density at radius 2 is 1.69 bits per heavy atom. The summed E-state index contributed by atoms with van der Waals surface area (Å²) in [5.74, 6) is -0.815. The number of amides is 2. The van der Waals surface area contributed by atoms with Crippen molar-refractivity contribution < 1.29 is 22.2 Å². The predicted octanol–water partition coefficient (Wildman–Crippen LogP) is 5.34. The highest BCUT2D eigenvalue weighted by Gasteiger charge is 2.19. The SMILES string of the molecule is CC(=O)Nc1ccc(S(=O)(=O)Oc2ccc(/C=C(\C#N)C(=O)Nc3ccc(C)cc3C)cc2Br)cc1. The number of nitrogens with one attached hydrogen (secondary N) is 2. The Kier molecular flexibility index (Phi) is 8.29. The van der Waals surface area contributed by atoms with E-state index in [1.54, 1.807) is 6.07 Å². The van der Waals surface area contributed by atoms with Crippen LogP contribution in [0.15, 0.2) is 75.6 Å². The number of anilines is 2. The Balaban J connectivity index is 1.77. The molecule has 0 radical (unpaired) electrons. The molecule has 0 aliphatic carbocycles. The zero-order valence-corrected chi connectivity index (χ0v) is 22.0. The lowest BCUT2D eigenvalue weighted by atomic mass is 10.1. The summed E-state index contributed by atoms with van der Waals surface area (Å²) in [6, 6.07) is 17.5. The molecule has 3 rings (SSSR count). The van der Waals surface area contributed by atoms with Gasteiger partial charge in [0.2, 0.25) is 5.91 Å². The van der Waals surface area contributed by atoms with Gasteiger partial charge in [-0.05, 0) is 89.4 Å². The Bertz CT molecular complexity index is 1510. The van der Waals surface area contributed by atoms with Gasteiger partial charge in [0.1, 0.15) is 16.5 Å². The van der Waals surface area contributed by atoms with Crippen molar-refractivity contribution in [3.05, 3.63) is 87.4 Å². The normalized spacial score (nSPS) is 11.4. The minimum Gasteiger partial charge on any atom is -0.378 e. The van der Waals surface area contributed by atoms with Crippen molar-refractivity contribution in [1.29, 1.82) is 5.26 Å². The van der Waals surface area contributed by atoms with Crippen LogP contribution in [0.1, 0.15) is 23.6 Å². The van der Waals surface area contributed by atoms with Gasteiger partial charge in [-0.3, -0.25) is 9.59 Å². The van der Waals surface area contributed by atoms with Crippen molar-refractivity contribution in [2.75, 3.05) is 10.6 Å². The van der Waals surface area contributed by atoms with Crippen molar-refractivity contribution >= 4 is 55.3 Å². The molecule has 3 aromatic rings. The van der Waals surface area contributed by atoms with Gasteiger partial charge in [-0.15, -0.1) is 0 Å². The first-order valence-corrected chi connectivity index (χ1v) is 12.8. The maximum Gasteiger partial charge on any atom is 0.339 e. The smallest absolute Gasteiger partial charge is 0.339 e. The fraction of sp³-hybridized carbons (Fsp3) is 0.115. The Morgan fingerprint density at radius 3 is 2.28 bits per heavy atom. The van der Waals surface area contributed by atoms with Crippen molar-refractivity contribution in [2.24, 2.45) is 0 Å². The molecule has 0 bridgehead atoms. The average Bonchev–Trinajstić information content (AvgIpc) is 2.80. The molecule has 2 N–H and O–H groups in total. The minimum absolute atomic E-state index is 0.0244. The number of nitrogens with zero attached hydrogens (tertiary/aromatic N) is 1. The fourth-order valence-electron chi connectivity index (χ4n) is 3.21. The number of benzene rings is 3. The van der Waals surface area contributed by atoms with Crippen molar-refractivity contribution in [3.63, 3.8) is 0 Å². The second-order valence-corrected chi connectivity index (χ2v) is 10.3. The fourth-order valence-corrected chi connectivity index (χ4v) is 4.74. The standard InChI is InChI=1S/C26H22BrN3O5S/c1-16-4-10-24(17(2)12-16)30-26(32)20(15-28)13-19-5-11-25(23(27)14-19)35-36(33,34)22-8-6-21(7-9-22)29-18(3)31/h4-14H,1-3H3,(H,29,31)(H,30,32)/b20-13+. The number of carbonyl (C=O) groups is 2. The van der Waals surface area contributed by atoms with E-state index in [1.165, 1.54) is 55.5 Å². The summed E-state index contributed by atoms with van der Waals surface area (Å²) >= 11 is 3.28. The first-order chi connectivity index (χ1) is 17.0. The van der Waals surface area contributed by atoms with Gasteiger partial charge in [-0.2, -0.15) is 13.7 Å². The van der Waals surface area contributed by atoms with Crippen LogP contribution < -0.4 is 14.8 Å². The number of hydrogen-bond donors (Lipinski definition) is 2. The molecule has 10 heteroatoms. The van der Waals surface area contributed by atoms with Gasteiger partial charge in [0.15, 0.2) is 5.75 Å². The van der Waals surface area contributed by atoms with Crippen molar-refractivity contribution in [3.8, 4) is 11.8 Å². The Hall–Kier alpha value is -3.94. The largest absolute Gasteiger partial charge is 0.378 e. The van der Waals surface area contributed by atoms with E-state index >= 15 is 0 Å². The van der Waals surface area contributed by atoms with E-state index in [2.05, 4.69) is 26.6 Å². The lowest BCUT2D eigenvalue weighted by Gasteiger charge is -2.10. The predicted molar refractivity (Wildman–Crippen MR) is 141 cm³/mol. The molecule has 0 fully saturated rings. The summed E-state index contributed by atoms with van der Waals surface area (Å²) < 4.78 is 30.9. The van der Waals surface area contributed by atoms with Crippen LogP contribution in [0.25, 0.3) is 6.08 Å². The van der Waals surface area contributed by atoms with Gasteiger partial charge >= 0.3 is 10.1 Å². The molecule has 8 nitrogen and oxygen atoms in total. The van der Waals surface area contributed by atoms with Crippen LogP contribution in [0.4, 0.5) is 11.4 Å². The van der Waals surface area contributed by atoms with E-state index < -0.39 is 16.0 Å². The van der Waals surface area contributed by atoms with E-state index in [4.69, 9.17) is 4.18 Å². The monoisotopic (exact) mass is 567 g/mol. The first-order valence-electron chi connectivity index (χ1n) is 10.6. The summed E-state index contributed by atoms with van der Waals surface area (Å²) in [6.45, 7) is 5.15. The number of nitriles is 1. The molecule has 0 aliphatic rings. The molecule has 0 aliphatic heterocycles. The van der Waals surface area contributed by atoms with Crippen LogP contribution >= 0.6 is 15.9 Å². The molecule has 0 heterocycles. The Labute approximate surface area is 217 Å². The Morgan fingerprint density at radius 1 is 1.00 bits per heavy atom. The molecule has 0 aromatic heterocycles. The zero-order valence-electron chi connectivity index (χ0n) is 19.6. The van der Waals surface area contributed by atoms with Crippen LogP contribution in [0.2, 0.25) is 0 Å².